The molecule has 1 unspecified atom stereocenters. The first-order chi connectivity index (χ1) is 8.81. The fourth-order valence-corrected chi connectivity index (χ4v) is 1.71. The average molecular weight is 264 g/mol. The monoisotopic (exact) mass is 264 g/mol. The summed E-state index contributed by atoms with van der Waals surface area (Å²) >= 11 is 0. The highest BCUT2D eigenvalue weighted by Crippen LogP contribution is 2.22. The Kier molecular flexibility index (Phi) is 4.88. The van der Waals surface area contributed by atoms with Crippen LogP contribution in [0.3, 0.4) is 0 Å². The Balaban J connectivity index is 2.80. The topological polar surface area (TPSA) is 101 Å². The van der Waals surface area contributed by atoms with Gasteiger partial charge in [-0.05, 0) is 24.6 Å². The van der Waals surface area contributed by atoms with Crippen LogP contribution in [0.25, 0.3) is 0 Å². The molecule has 1 aromatic rings. The van der Waals surface area contributed by atoms with Crippen molar-refractivity contribution in [3.05, 3.63) is 23.8 Å². The molecule has 1 rings (SSSR count). The van der Waals surface area contributed by atoms with Crippen LogP contribution in [0, 0.1) is 6.92 Å². The number of hydrogen-bond acceptors (Lipinski definition) is 4. The first-order valence-electron chi connectivity index (χ1n) is 5.94. The Morgan fingerprint density at radius 3 is 2.53 bits per heavy atom. The Hall–Kier alpha value is -2.08. The van der Waals surface area contributed by atoms with Gasteiger partial charge in [0.15, 0.2) is 0 Å². The SMILES string of the molecule is Cc1ccc(NC(=O)C(N)CC(N)=O)cc1N(C)C. The minimum atomic E-state index is -0.929. The highest BCUT2D eigenvalue weighted by Gasteiger charge is 2.16. The molecule has 6 nitrogen and oxygen atoms in total. The molecule has 0 aliphatic carbocycles. The van der Waals surface area contributed by atoms with Gasteiger partial charge < -0.3 is 21.7 Å². The van der Waals surface area contributed by atoms with Gasteiger partial charge in [0.1, 0.15) is 0 Å². The van der Waals surface area contributed by atoms with E-state index < -0.39 is 17.9 Å². The molecule has 0 aromatic heterocycles. The van der Waals surface area contributed by atoms with Crippen molar-refractivity contribution in [2.45, 2.75) is 19.4 Å². The lowest BCUT2D eigenvalue weighted by atomic mass is 10.1. The number of hydrogen-bond donors (Lipinski definition) is 3. The summed E-state index contributed by atoms with van der Waals surface area (Å²) in [5.41, 5.74) is 13.3. The second-order valence-electron chi connectivity index (χ2n) is 4.66. The Morgan fingerprint density at radius 2 is 2.00 bits per heavy atom. The normalized spacial score (nSPS) is 11.8. The number of anilines is 2. The minimum Gasteiger partial charge on any atom is -0.377 e. The molecule has 1 atom stereocenters. The van der Waals surface area contributed by atoms with Crippen LogP contribution in [0.5, 0.6) is 0 Å². The number of carbonyl (C=O) groups excluding carboxylic acids is 2. The van der Waals surface area contributed by atoms with Gasteiger partial charge in [-0.3, -0.25) is 9.59 Å². The van der Waals surface area contributed by atoms with Crippen molar-refractivity contribution in [3.8, 4) is 0 Å². The Bertz CT molecular complexity index is 486. The summed E-state index contributed by atoms with van der Waals surface area (Å²) < 4.78 is 0. The van der Waals surface area contributed by atoms with Crippen molar-refractivity contribution in [1.82, 2.24) is 0 Å². The van der Waals surface area contributed by atoms with Crippen molar-refractivity contribution in [2.75, 3.05) is 24.3 Å². The lowest BCUT2D eigenvalue weighted by Crippen LogP contribution is -2.39. The number of rotatable bonds is 5. The highest BCUT2D eigenvalue weighted by molar-refractivity contribution is 5.97. The number of primary amides is 1. The average Bonchev–Trinajstić information content (AvgIpc) is 2.30. The molecular weight excluding hydrogens is 244 g/mol. The maximum atomic E-state index is 11.8. The number of carbonyl (C=O) groups is 2. The smallest absolute Gasteiger partial charge is 0.241 e. The first kappa shape index (κ1) is 15.0. The molecular formula is C13H20N4O2. The molecule has 0 radical (unpaired) electrons. The molecule has 0 aliphatic heterocycles. The van der Waals surface area contributed by atoms with Crippen molar-refractivity contribution in [1.29, 1.82) is 0 Å². The van der Waals surface area contributed by atoms with E-state index in [1.54, 1.807) is 6.07 Å². The second-order valence-corrected chi connectivity index (χ2v) is 4.66. The van der Waals surface area contributed by atoms with E-state index in [1.807, 2.05) is 38.1 Å². The van der Waals surface area contributed by atoms with Gasteiger partial charge in [0, 0.05) is 25.5 Å². The van der Waals surface area contributed by atoms with Gasteiger partial charge in [-0.2, -0.15) is 0 Å². The largest absolute Gasteiger partial charge is 0.377 e. The molecule has 0 saturated carbocycles. The Morgan fingerprint density at radius 1 is 1.37 bits per heavy atom. The minimum absolute atomic E-state index is 0.168. The van der Waals surface area contributed by atoms with Crippen LogP contribution in [-0.2, 0) is 9.59 Å². The zero-order valence-electron chi connectivity index (χ0n) is 11.4. The number of nitrogens with one attached hydrogen (secondary N) is 1. The second kappa shape index (κ2) is 6.19. The summed E-state index contributed by atoms with van der Waals surface area (Å²) in [6.45, 7) is 1.99. The molecule has 1 aromatic carbocycles. The zero-order valence-corrected chi connectivity index (χ0v) is 11.4. The predicted molar refractivity (Wildman–Crippen MR) is 75.9 cm³/mol. The van der Waals surface area contributed by atoms with Crippen molar-refractivity contribution in [2.24, 2.45) is 11.5 Å². The fourth-order valence-electron chi connectivity index (χ4n) is 1.71. The van der Waals surface area contributed by atoms with Gasteiger partial charge in [0.2, 0.25) is 11.8 Å². The zero-order chi connectivity index (χ0) is 14.6. The first-order valence-corrected chi connectivity index (χ1v) is 5.94. The van der Waals surface area contributed by atoms with Gasteiger partial charge in [-0.25, -0.2) is 0 Å². The van der Waals surface area contributed by atoms with E-state index in [2.05, 4.69) is 5.32 Å². The van der Waals surface area contributed by atoms with Crippen molar-refractivity contribution in [3.63, 3.8) is 0 Å². The Labute approximate surface area is 112 Å². The number of benzene rings is 1. The van der Waals surface area contributed by atoms with E-state index in [0.29, 0.717) is 5.69 Å². The van der Waals surface area contributed by atoms with E-state index >= 15 is 0 Å². The summed E-state index contributed by atoms with van der Waals surface area (Å²) in [6.07, 6.45) is -0.168. The van der Waals surface area contributed by atoms with E-state index in [9.17, 15) is 9.59 Å². The molecule has 0 saturated heterocycles. The van der Waals surface area contributed by atoms with E-state index in [-0.39, 0.29) is 6.42 Å². The van der Waals surface area contributed by atoms with Crippen LogP contribution in [0.2, 0.25) is 0 Å². The lowest BCUT2D eigenvalue weighted by molar-refractivity contribution is -0.123. The molecule has 0 aliphatic rings. The van der Waals surface area contributed by atoms with Crippen LogP contribution >= 0.6 is 0 Å². The van der Waals surface area contributed by atoms with Crippen molar-refractivity contribution < 1.29 is 9.59 Å². The number of amides is 2. The molecule has 0 fully saturated rings. The van der Waals surface area contributed by atoms with Gasteiger partial charge in [0.25, 0.3) is 0 Å². The maximum Gasteiger partial charge on any atom is 0.241 e. The lowest BCUT2D eigenvalue weighted by Gasteiger charge is -2.18. The van der Waals surface area contributed by atoms with Gasteiger partial charge in [0.05, 0.1) is 12.5 Å². The third-order valence-corrected chi connectivity index (χ3v) is 2.72. The highest BCUT2D eigenvalue weighted by atomic mass is 16.2. The van der Waals surface area contributed by atoms with E-state index in [0.717, 1.165) is 11.3 Å². The molecule has 6 heteroatoms. The molecule has 0 spiro atoms. The van der Waals surface area contributed by atoms with Crippen LogP contribution in [-0.4, -0.2) is 32.0 Å². The maximum absolute atomic E-state index is 11.8. The van der Waals surface area contributed by atoms with Crippen LogP contribution < -0.4 is 21.7 Å². The molecule has 0 heterocycles. The number of nitrogens with zero attached hydrogens (tertiary/aromatic N) is 1. The predicted octanol–water partition coefficient (Wildman–Crippen LogP) is 0.202. The van der Waals surface area contributed by atoms with Crippen molar-refractivity contribution >= 4 is 23.2 Å². The van der Waals surface area contributed by atoms with Gasteiger partial charge >= 0.3 is 0 Å². The molecule has 0 bridgehead atoms. The third kappa shape index (κ3) is 4.26. The summed E-state index contributed by atoms with van der Waals surface area (Å²) in [6, 6.07) is 4.62. The molecule has 104 valence electrons. The van der Waals surface area contributed by atoms with E-state index in [1.165, 1.54) is 0 Å². The van der Waals surface area contributed by atoms with Crippen LogP contribution in [0.15, 0.2) is 18.2 Å². The van der Waals surface area contributed by atoms with Crippen LogP contribution in [0.4, 0.5) is 11.4 Å². The standard InChI is InChI=1S/C13H20N4O2/c1-8-4-5-9(6-11(8)17(2)3)16-13(19)10(14)7-12(15)18/h4-6,10H,7,14H2,1-3H3,(H2,15,18)(H,16,19). The number of nitrogens with two attached hydrogens (primary N) is 2. The number of aryl methyl sites for hydroxylation is 1. The summed E-state index contributed by atoms with van der Waals surface area (Å²) in [5.74, 6) is -1.02. The van der Waals surface area contributed by atoms with E-state index in [4.69, 9.17) is 11.5 Å². The van der Waals surface area contributed by atoms with Gasteiger partial charge in [-0.1, -0.05) is 6.07 Å². The van der Waals surface area contributed by atoms with Crippen LogP contribution in [0.1, 0.15) is 12.0 Å². The molecule has 5 N–H and O–H groups in total. The summed E-state index contributed by atoms with van der Waals surface area (Å²) in [4.78, 5) is 24.4. The third-order valence-electron chi connectivity index (χ3n) is 2.72. The summed E-state index contributed by atoms with van der Waals surface area (Å²) in [5, 5.41) is 2.67. The van der Waals surface area contributed by atoms with Gasteiger partial charge in [-0.15, -0.1) is 0 Å². The quantitative estimate of drug-likeness (QED) is 0.707. The fraction of sp³-hybridized carbons (Fsp3) is 0.385. The summed E-state index contributed by atoms with van der Waals surface area (Å²) in [7, 11) is 3.85. The molecule has 19 heavy (non-hydrogen) atoms. The molecule has 2 amide bonds.